The molecule has 0 saturated heterocycles. The van der Waals surface area contributed by atoms with Crippen molar-refractivity contribution in [3.63, 3.8) is 0 Å². The van der Waals surface area contributed by atoms with Crippen LogP contribution in [0.2, 0.25) is 5.02 Å². The van der Waals surface area contributed by atoms with Gasteiger partial charge in [0.1, 0.15) is 12.0 Å². The number of hydrogen-bond donors (Lipinski definition) is 3. The Morgan fingerprint density at radius 3 is 2.90 bits per heavy atom. The number of hydrogen-bond acceptors (Lipinski definition) is 4. The van der Waals surface area contributed by atoms with E-state index in [-0.39, 0.29) is 12.4 Å². The van der Waals surface area contributed by atoms with E-state index < -0.39 is 0 Å². The van der Waals surface area contributed by atoms with Crippen LogP contribution in [-0.2, 0) is 13.1 Å². The molecule has 106 valence electrons. The largest absolute Gasteiger partial charge is 0.378 e. The number of halogens is 2. The number of rotatable bonds is 4. The van der Waals surface area contributed by atoms with Gasteiger partial charge in [-0.25, -0.2) is 0 Å². The van der Waals surface area contributed by atoms with Gasteiger partial charge in [-0.05, 0) is 18.2 Å². The van der Waals surface area contributed by atoms with E-state index in [0.29, 0.717) is 18.1 Å². The van der Waals surface area contributed by atoms with Crippen molar-refractivity contribution in [2.45, 2.75) is 13.1 Å². The standard InChI is InChI=1S/C13H13ClN4O.ClH/c14-11-4-8-3-10(6-15)17-12(8)5-13(11)16-7-9-1-2-19-18-9;/h1-5,16-17H,6-7,15H2;1H. The number of aromatic nitrogens is 2. The van der Waals surface area contributed by atoms with Crippen molar-refractivity contribution in [3.8, 4) is 0 Å². The van der Waals surface area contributed by atoms with E-state index in [9.17, 15) is 0 Å². The summed E-state index contributed by atoms with van der Waals surface area (Å²) < 4.78 is 4.78. The molecule has 0 atom stereocenters. The Hall–Kier alpha value is -1.69. The lowest BCUT2D eigenvalue weighted by Gasteiger charge is -2.06. The highest BCUT2D eigenvalue weighted by Gasteiger charge is 2.06. The number of nitrogens with zero attached hydrogens (tertiary/aromatic N) is 1. The van der Waals surface area contributed by atoms with Gasteiger partial charge in [0.2, 0.25) is 0 Å². The lowest BCUT2D eigenvalue weighted by atomic mass is 10.2. The molecule has 0 spiro atoms. The van der Waals surface area contributed by atoms with Crippen molar-refractivity contribution in [1.29, 1.82) is 0 Å². The first-order chi connectivity index (χ1) is 9.26. The molecule has 2 heterocycles. The van der Waals surface area contributed by atoms with Crippen LogP contribution in [0.15, 0.2) is 35.1 Å². The van der Waals surface area contributed by atoms with Crippen molar-refractivity contribution < 1.29 is 4.52 Å². The maximum atomic E-state index is 6.24. The molecular weight excluding hydrogens is 299 g/mol. The molecule has 0 bridgehead atoms. The first-order valence-electron chi connectivity index (χ1n) is 5.90. The van der Waals surface area contributed by atoms with E-state index >= 15 is 0 Å². The van der Waals surface area contributed by atoms with Crippen LogP contribution in [0.25, 0.3) is 10.9 Å². The van der Waals surface area contributed by atoms with E-state index in [2.05, 4.69) is 15.5 Å². The second-order valence-corrected chi connectivity index (χ2v) is 4.67. The number of H-pyrrole nitrogens is 1. The fourth-order valence-corrected chi connectivity index (χ4v) is 2.21. The lowest BCUT2D eigenvalue weighted by Crippen LogP contribution is -2.00. The fraction of sp³-hybridized carbons (Fsp3) is 0.154. The molecule has 0 aliphatic heterocycles. The Balaban J connectivity index is 0.00000147. The quantitative estimate of drug-likeness (QED) is 0.690. The van der Waals surface area contributed by atoms with Gasteiger partial charge in [-0.1, -0.05) is 16.8 Å². The van der Waals surface area contributed by atoms with Gasteiger partial charge >= 0.3 is 0 Å². The summed E-state index contributed by atoms with van der Waals surface area (Å²) in [4.78, 5) is 3.25. The van der Waals surface area contributed by atoms with Crippen LogP contribution in [0.3, 0.4) is 0 Å². The van der Waals surface area contributed by atoms with Gasteiger partial charge in [0.05, 0.1) is 17.3 Å². The summed E-state index contributed by atoms with van der Waals surface area (Å²) in [5, 5.41) is 8.78. The number of aromatic amines is 1. The number of fused-ring (bicyclic) bond motifs is 1. The van der Waals surface area contributed by atoms with Crippen molar-refractivity contribution in [2.24, 2.45) is 5.73 Å². The van der Waals surface area contributed by atoms with E-state index in [4.69, 9.17) is 21.9 Å². The molecule has 1 aromatic carbocycles. The second kappa shape index (κ2) is 6.17. The van der Waals surface area contributed by atoms with Crippen LogP contribution in [-0.4, -0.2) is 10.1 Å². The normalized spacial score (nSPS) is 10.5. The number of anilines is 1. The molecule has 3 rings (SSSR count). The maximum Gasteiger partial charge on any atom is 0.124 e. The molecule has 0 radical (unpaired) electrons. The monoisotopic (exact) mass is 312 g/mol. The van der Waals surface area contributed by atoms with Crippen LogP contribution in [0.1, 0.15) is 11.4 Å². The molecule has 7 heteroatoms. The number of nitrogens with two attached hydrogens (primary N) is 1. The predicted octanol–water partition coefficient (Wildman–Crippen LogP) is 3.30. The van der Waals surface area contributed by atoms with E-state index in [1.807, 2.05) is 18.2 Å². The van der Waals surface area contributed by atoms with Gasteiger partial charge in [-0.15, -0.1) is 12.4 Å². The minimum atomic E-state index is 0. The van der Waals surface area contributed by atoms with Crippen LogP contribution in [0.4, 0.5) is 5.69 Å². The summed E-state index contributed by atoms with van der Waals surface area (Å²) in [7, 11) is 0. The smallest absolute Gasteiger partial charge is 0.124 e. The highest BCUT2D eigenvalue weighted by Crippen LogP contribution is 2.28. The highest BCUT2D eigenvalue weighted by molar-refractivity contribution is 6.34. The van der Waals surface area contributed by atoms with Crippen molar-refractivity contribution in [3.05, 3.63) is 46.9 Å². The summed E-state index contributed by atoms with van der Waals surface area (Å²) in [5.74, 6) is 0. The van der Waals surface area contributed by atoms with Gasteiger partial charge in [0, 0.05) is 29.2 Å². The molecule has 5 nitrogen and oxygen atoms in total. The van der Waals surface area contributed by atoms with Gasteiger partial charge in [-0.2, -0.15) is 0 Å². The molecule has 0 aliphatic carbocycles. The molecule has 0 saturated carbocycles. The summed E-state index contributed by atoms with van der Waals surface area (Å²) in [6.45, 7) is 1.04. The molecule has 4 N–H and O–H groups in total. The zero-order valence-electron chi connectivity index (χ0n) is 10.5. The van der Waals surface area contributed by atoms with E-state index in [1.54, 1.807) is 12.3 Å². The Morgan fingerprint density at radius 2 is 2.20 bits per heavy atom. The molecule has 3 aromatic rings. The second-order valence-electron chi connectivity index (χ2n) is 4.26. The summed E-state index contributed by atoms with van der Waals surface area (Å²) in [6.07, 6.45) is 1.54. The molecule has 0 amide bonds. The first kappa shape index (κ1) is 14.7. The van der Waals surface area contributed by atoms with Crippen LogP contribution >= 0.6 is 24.0 Å². The van der Waals surface area contributed by atoms with Gasteiger partial charge in [-0.3, -0.25) is 0 Å². The van der Waals surface area contributed by atoms with Crippen molar-refractivity contribution in [1.82, 2.24) is 10.1 Å². The average Bonchev–Trinajstić information content (AvgIpc) is 3.04. The third kappa shape index (κ3) is 2.90. The molecule has 0 aliphatic rings. The van der Waals surface area contributed by atoms with Gasteiger partial charge in [0.15, 0.2) is 0 Å². The minimum absolute atomic E-state index is 0. The Bertz CT molecular complexity index is 694. The molecular formula is C13H14Cl2N4O. The molecule has 0 fully saturated rings. The zero-order chi connectivity index (χ0) is 13.2. The maximum absolute atomic E-state index is 6.24. The Kier molecular flexibility index (Phi) is 4.54. The fourth-order valence-electron chi connectivity index (χ4n) is 1.97. The number of nitrogens with one attached hydrogen (secondary N) is 2. The number of benzene rings is 1. The third-order valence-corrected chi connectivity index (χ3v) is 3.25. The van der Waals surface area contributed by atoms with Crippen molar-refractivity contribution >= 4 is 40.6 Å². The van der Waals surface area contributed by atoms with Crippen LogP contribution in [0, 0.1) is 0 Å². The Morgan fingerprint density at radius 1 is 1.35 bits per heavy atom. The van der Waals surface area contributed by atoms with Crippen LogP contribution in [0.5, 0.6) is 0 Å². The minimum Gasteiger partial charge on any atom is -0.378 e. The lowest BCUT2D eigenvalue weighted by molar-refractivity contribution is 0.412. The highest BCUT2D eigenvalue weighted by atomic mass is 35.5. The zero-order valence-corrected chi connectivity index (χ0v) is 12.1. The van der Waals surface area contributed by atoms with Gasteiger partial charge in [0.25, 0.3) is 0 Å². The summed E-state index contributed by atoms with van der Waals surface area (Å²) in [6, 6.07) is 7.69. The van der Waals surface area contributed by atoms with Crippen LogP contribution < -0.4 is 11.1 Å². The van der Waals surface area contributed by atoms with E-state index in [0.717, 1.165) is 28.0 Å². The summed E-state index contributed by atoms with van der Waals surface area (Å²) >= 11 is 6.24. The average molecular weight is 313 g/mol. The molecule has 20 heavy (non-hydrogen) atoms. The molecule has 2 aromatic heterocycles. The topological polar surface area (TPSA) is 79.9 Å². The van der Waals surface area contributed by atoms with E-state index in [1.165, 1.54) is 0 Å². The Labute approximate surface area is 126 Å². The molecule has 0 unspecified atom stereocenters. The van der Waals surface area contributed by atoms with Crippen molar-refractivity contribution in [2.75, 3.05) is 5.32 Å². The predicted molar refractivity (Wildman–Crippen MR) is 82.3 cm³/mol. The summed E-state index contributed by atoms with van der Waals surface area (Å²) in [5.41, 5.74) is 9.28. The SMILES string of the molecule is Cl.NCc1cc2cc(Cl)c(NCc3ccon3)cc2[nH]1. The van der Waals surface area contributed by atoms with Gasteiger partial charge < -0.3 is 20.6 Å². The first-order valence-corrected chi connectivity index (χ1v) is 6.28. The third-order valence-electron chi connectivity index (χ3n) is 2.94.